The molecule has 1 aliphatic heterocycles. The van der Waals surface area contributed by atoms with Gasteiger partial charge in [0, 0.05) is 30.8 Å². The Morgan fingerprint density at radius 1 is 1.35 bits per heavy atom. The molecular formula is C19H24FN5O. The van der Waals surface area contributed by atoms with Gasteiger partial charge in [0.15, 0.2) is 0 Å². The number of likely N-dealkylation sites (tertiary alicyclic amines) is 1. The number of halogens is 1. The van der Waals surface area contributed by atoms with E-state index in [1.807, 2.05) is 23.9 Å². The van der Waals surface area contributed by atoms with Crippen LogP contribution < -0.4 is 5.73 Å². The van der Waals surface area contributed by atoms with Gasteiger partial charge in [-0.1, -0.05) is 12.1 Å². The molecule has 26 heavy (non-hydrogen) atoms. The normalized spacial score (nSPS) is 17.5. The fourth-order valence-electron chi connectivity index (χ4n) is 3.37. The van der Waals surface area contributed by atoms with E-state index >= 15 is 0 Å². The molecule has 6 nitrogen and oxygen atoms in total. The van der Waals surface area contributed by atoms with E-state index in [4.69, 9.17) is 5.73 Å². The number of likely N-dealkylation sites (N-methyl/N-ethyl adjacent to an activating group) is 1. The van der Waals surface area contributed by atoms with E-state index in [0.717, 1.165) is 36.2 Å². The Kier molecular flexibility index (Phi) is 5.46. The van der Waals surface area contributed by atoms with Crippen LogP contribution in [0.15, 0.2) is 30.5 Å². The van der Waals surface area contributed by atoms with Crippen LogP contribution in [0.3, 0.4) is 0 Å². The summed E-state index contributed by atoms with van der Waals surface area (Å²) in [7, 11) is 3.77. The van der Waals surface area contributed by atoms with Crippen LogP contribution in [0.1, 0.15) is 24.5 Å². The van der Waals surface area contributed by atoms with Gasteiger partial charge in [-0.25, -0.2) is 14.4 Å². The summed E-state index contributed by atoms with van der Waals surface area (Å²) in [5.41, 5.74) is 8.34. The predicted molar refractivity (Wildman–Crippen MR) is 98.9 cm³/mol. The fourth-order valence-corrected chi connectivity index (χ4v) is 3.37. The Morgan fingerprint density at radius 3 is 2.77 bits per heavy atom. The minimum atomic E-state index is -0.287. The SMILES string of the molecule is CN(C)CC(=O)N1CCCC(c2nc(N)ncc2-c2ccc(F)cc2)C1. The molecule has 7 heteroatoms. The summed E-state index contributed by atoms with van der Waals surface area (Å²) in [5, 5.41) is 0. The maximum Gasteiger partial charge on any atom is 0.236 e. The number of aromatic nitrogens is 2. The molecule has 1 saturated heterocycles. The molecular weight excluding hydrogens is 333 g/mol. The fraction of sp³-hybridized carbons (Fsp3) is 0.421. The van der Waals surface area contributed by atoms with Crippen LogP contribution in [0.5, 0.6) is 0 Å². The highest BCUT2D eigenvalue weighted by molar-refractivity contribution is 5.78. The first-order valence-corrected chi connectivity index (χ1v) is 8.75. The number of carbonyl (C=O) groups excluding carboxylic acids is 1. The van der Waals surface area contributed by atoms with E-state index in [0.29, 0.717) is 13.1 Å². The van der Waals surface area contributed by atoms with E-state index in [-0.39, 0.29) is 23.6 Å². The maximum atomic E-state index is 13.3. The Morgan fingerprint density at radius 2 is 2.08 bits per heavy atom. The van der Waals surface area contributed by atoms with Gasteiger partial charge in [0.2, 0.25) is 11.9 Å². The highest BCUT2D eigenvalue weighted by Gasteiger charge is 2.28. The lowest BCUT2D eigenvalue weighted by molar-refractivity contribution is -0.133. The van der Waals surface area contributed by atoms with E-state index in [2.05, 4.69) is 9.97 Å². The zero-order valence-corrected chi connectivity index (χ0v) is 15.2. The lowest BCUT2D eigenvalue weighted by Crippen LogP contribution is -2.43. The topological polar surface area (TPSA) is 75.4 Å². The highest BCUT2D eigenvalue weighted by atomic mass is 19.1. The van der Waals surface area contributed by atoms with Crippen molar-refractivity contribution in [2.75, 3.05) is 39.5 Å². The first-order chi connectivity index (χ1) is 12.4. The third kappa shape index (κ3) is 4.16. The van der Waals surface area contributed by atoms with Crippen LogP contribution in [0.4, 0.5) is 10.3 Å². The summed E-state index contributed by atoms with van der Waals surface area (Å²) >= 11 is 0. The van der Waals surface area contributed by atoms with Crippen LogP contribution in [0, 0.1) is 5.82 Å². The number of hydrogen-bond donors (Lipinski definition) is 1. The number of piperidine rings is 1. The second-order valence-electron chi connectivity index (χ2n) is 6.95. The van der Waals surface area contributed by atoms with Crippen LogP contribution in [0.25, 0.3) is 11.1 Å². The Labute approximate surface area is 152 Å². The molecule has 1 amide bonds. The van der Waals surface area contributed by atoms with E-state index in [1.54, 1.807) is 18.3 Å². The van der Waals surface area contributed by atoms with Crippen molar-refractivity contribution in [1.29, 1.82) is 0 Å². The van der Waals surface area contributed by atoms with Crippen molar-refractivity contribution in [2.45, 2.75) is 18.8 Å². The molecule has 138 valence electrons. The average Bonchev–Trinajstić information content (AvgIpc) is 2.62. The van der Waals surface area contributed by atoms with E-state index in [9.17, 15) is 9.18 Å². The molecule has 2 heterocycles. The van der Waals surface area contributed by atoms with E-state index in [1.165, 1.54) is 12.1 Å². The molecule has 0 spiro atoms. The molecule has 0 aliphatic carbocycles. The Balaban J connectivity index is 1.89. The summed E-state index contributed by atoms with van der Waals surface area (Å²) in [5.74, 6) is 0.123. The first-order valence-electron chi connectivity index (χ1n) is 8.75. The van der Waals surface area contributed by atoms with Crippen molar-refractivity contribution in [3.63, 3.8) is 0 Å². The molecule has 0 radical (unpaired) electrons. The number of hydrogen-bond acceptors (Lipinski definition) is 5. The molecule has 1 aromatic heterocycles. The number of rotatable bonds is 4. The number of nitrogens with zero attached hydrogens (tertiary/aromatic N) is 4. The lowest BCUT2D eigenvalue weighted by Gasteiger charge is -2.34. The Bertz CT molecular complexity index is 778. The zero-order chi connectivity index (χ0) is 18.7. The van der Waals surface area contributed by atoms with Gasteiger partial charge in [0.25, 0.3) is 0 Å². The highest BCUT2D eigenvalue weighted by Crippen LogP contribution is 2.33. The Hall–Kier alpha value is -2.54. The van der Waals surface area contributed by atoms with Gasteiger partial charge in [0.1, 0.15) is 5.82 Å². The minimum Gasteiger partial charge on any atom is -0.368 e. The number of amides is 1. The molecule has 1 unspecified atom stereocenters. The van der Waals surface area contributed by atoms with Crippen molar-refractivity contribution < 1.29 is 9.18 Å². The largest absolute Gasteiger partial charge is 0.368 e. The van der Waals surface area contributed by atoms with Crippen LogP contribution in [0.2, 0.25) is 0 Å². The minimum absolute atomic E-state index is 0.0835. The summed E-state index contributed by atoms with van der Waals surface area (Å²) in [6.45, 7) is 1.76. The molecule has 1 fully saturated rings. The summed E-state index contributed by atoms with van der Waals surface area (Å²) in [6, 6.07) is 6.27. The van der Waals surface area contributed by atoms with Crippen LogP contribution >= 0.6 is 0 Å². The molecule has 2 N–H and O–H groups in total. The number of anilines is 1. The van der Waals surface area contributed by atoms with Crippen molar-refractivity contribution in [1.82, 2.24) is 19.8 Å². The molecule has 1 atom stereocenters. The monoisotopic (exact) mass is 357 g/mol. The molecule has 2 aromatic rings. The standard InChI is InChI=1S/C19H24FN5O/c1-24(2)12-17(26)25-9-3-4-14(11-25)18-16(10-22-19(21)23-18)13-5-7-15(20)8-6-13/h5-8,10,14H,3-4,9,11-12H2,1-2H3,(H2,21,22,23). The van der Waals surface area contributed by atoms with E-state index < -0.39 is 0 Å². The van der Waals surface area contributed by atoms with Crippen molar-refractivity contribution in [3.8, 4) is 11.1 Å². The second kappa shape index (κ2) is 7.78. The third-order valence-electron chi connectivity index (χ3n) is 4.60. The molecule has 0 saturated carbocycles. The van der Waals surface area contributed by atoms with Gasteiger partial charge in [0.05, 0.1) is 12.2 Å². The zero-order valence-electron chi connectivity index (χ0n) is 15.2. The molecule has 0 bridgehead atoms. The summed E-state index contributed by atoms with van der Waals surface area (Å²) in [6.07, 6.45) is 3.53. The maximum absolute atomic E-state index is 13.3. The van der Waals surface area contributed by atoms with Gasteiger partial charge in [-0.05, 0) is 44.6 Å². The summed E-state index contributed by atoms with van der Waals surface area (Å²) < 4.78 is 13.3. The van der Waals surface area contributed by atoms with Gasteiger partial charge in [-0.2, -0.15) is 0 Å². The van der Waals surface area contributed by atoms with Crippen LogP contribution in [-0.2, 0) is 4.79 Å². The quantitative estimate of drug-likeness (QED) is 0.907. The second-order valence-corrected chi connectivity index (χ2v) is 6.95. The molecule has 1 aliphatic rings. The average molecular weight is 357 g/mol. The van der Waals surface area contributed by atoms with Gasteiger partial charge < -0.3 is 15.5 Å². The third-order valence-corrected chi connectivity index (χ3v) is 4.60. The number of benzene rings is 1. The van der Waals surface area contributed by atoms with Crippen molar-refractivity contribution in [3.05, 3.63) is 42.0 Å². The van der Waals surface area contributed by atoms with Crippen molar-refractivity contribution >= 4 is 11.9 Å². The lowest BCUT2D eigenvalue weighted by atomic mass is 9.90. The van der Waals surface area contributed by atoms with Crippen molar-refractivity contribution in [2.24, 2.45) is 0 Å². The number of carbonyl (C=O) groups is 1. The molecule has 1 aromatic carbocycles. The van der Waals surface area contributed by atoms with Gasteiger partial charge in [-0.3, -0.25) is 4.79 Å². The summed E-state index contributed by atoms with van der Waals surface area (Å²) in [4.78, 5) is 24.8. The number of nitrogen functional groups attached to an aromatic ring is 1. The van der Waals surface area contributed by atoms with Gasteiger partial charge >= 0.3 is 0 Å². The number of nitrogens with two attached hydrogens (primary N) is 1. The smallest absolute Gasteiger partial charge is 0.236 e. The molecule has 3 rings (SSSR count). The van der Waals surface area contributed by atoms with Crippen LogP contribution in [-0.4, -0.2) is 59.4 Å². The van der Waals surface area contributed by atoms with Gasteiger partial charge in [-0.15, -0.1) is 0 Å². The predicted octanol–water partition coefficient (Wildman–Crippen LogP) is 2.13. The first kappa shape index (κ1) is 18.3.